The molecule has 0 saturated heterocycles. The molecule has 0 radical (unpaired) electrons. The van der Waals surface area contributed by atoms with Gasteiger partial charge in [0.1, 0.15) is 5.75 Å². The van der Waals surface area contributed by atoms with E-state index < -0.39 is 0 Å². The number of nitrogens with one attached hydrogen (secondary N) is 1. The predicted molar refractivity (Wildman–Crippen MR) is 83.4 cm³/mol. The van der Waals surface area contributed by atoms with E-state index in [0.29, 0.717) is 6.61 Å². The van der Waals surface area contributed by atoms with Gasteiger partial charge in [-0.3, -0.25) is 9.67 Å². The summed E-state index contributed by atoms with van der Waals surface area (Å²) in [7, 11) is 1.93. The van der Waals surface area contributed by atoms with Crippen LogP contribution in [0.1, 0.15) is 43.9 Å². The Bertz CT molecular complexity index is 553. The fourth-order valence-corrected chi connectivity index (χ4v) is 2.20. The Balaban J connectivity index is 2.23. The van der Waals surface area contributed by atoms with Crippen LogP contribution in [-0.4, -0.2) is 27.9 Å². The van der Waals surface area contributed by atoms with Crippen molar-refractivity contribution >= 4 is 0 Å². The van der Waals surface area contributed by atoms with Gasteiger partial charge in [-0.25, -0.2) is 0 Å². The maximum atomic E-state index is 5.68. The van der Waals surface area contributed by atoms with E-state index in [1.54, 1.807) is 6.20 Å². The van der Waals surface area contributed by atoms with E-state index in [0.717, 1.165) is 36.3 Å². The highest BCUT2D eigenvalue weighted by molar-refractivity contribution is 5.32. The van der Waals surface area contributed by atoms with Gasteiger partial charge in [0, 0.05) is 25.0 Å². The van der Waals surface area contributed by atoms with Crippen LogP contribution in [0, 0.1) is 0 Å². The summed E-state index contributed by atoms with van der Waals surface area (Å²) in [6.45, 7) is 5.91. The summed E-state index contributed by atoms with van der Waals surface area (Å²) >= 11 is 0. The number of pyridine rings is 1. The topological polar surface area (TPSA) is 52.0 Å². The second kappa shape index (κ2) is 7.78. The van der Waals surface area contributed by atoms with Gasteiger partial charge in [-0.15, -0.1) is 0 Å². The molecule has 2 aromatic rings. The lowest BCUT2D eigenvalue weighted by Gasteiger charge is -2.18. The number of hydrogen-bond acceptors (Lipinski definition) is 4. The van der Waals surface area contributed by atoms with Crippen LogP contribution in [0.15, 0.2) is 30.9 Å². The number of rotatable bonds is 8. The van der Waals surface area contributed by atoms with Gasteiger partial charge in [0.2, 0.25) is 0 Å². The minimum absolute atomic E-state index is 0.0938. The molecule has 1 atom stereocenters. The smallest absolute Gasteiger partial charge is 0.137 e. The molecule has 0 spiro atoms. The van der Waals surface area contributed by atoms with Crippen LogP contribution in [0.5, 0.6) is 5.75 Å². The molecule has 0 aliphatic heterocycles. The Labute approximate surface area is 126 Å². The minimum Gasteiger partial charge on any atom is -0.492 e. The molecule has 0 fully saturated rings. The molecular weight excluding hydrogens is 264 g/mol. The zero-order valence-corrected chi connectivity index (χ0v) is 13.0. The number of nitrogens with zero attached hydrogens (tertiary/aromatic N) is 3. The first-order chi connectivity index (χ1) is 10.2. The molecule has 5 nitrogen and oxygen atoms in total. The molecule has 0 aliphatic rings. The highest BCUT2D eigenvalue weighted by Crippen LogP contribution is 2.24. The van der Waals surface area contributed by atoms with Crippen LogP contribution in [-0.2, 0) is 7.05 Å². The molecule has 5 heteroatoms. The van der Waals surface area contributed by atoms with Crippen molar-refractivity contribution in [2.24, 2.45) is 7.05 Å². The van der Waals surface area contributed by atoms with Crippen molar-refractivity contribution in [3.63, 3.8) is 0 Å². The van der Waals surface area contributed by atoms with Crippen LogP contribution in [0.3, 0.4) is 0 Å². The van der Waals surface area contributed by atoms with Gasteiger partial charge in [0.25, 0.3) is 0 Å². The summed E-state index contributed by atoms with van der Waals surface area (Å²) in [5.41, 5.74) is 2.24. The Hall–Kier alpha value is -1.88. The molecule has 0 aromatic carbocycles. The monoisotopic (exact) mass is 288 g/mol. The standard InChI is InChI=1S/C16H24N4O/c1-4-6-18-16(14-10-19-20(3)12-14)13-8-15(11-17-9-13)21-7-5-2/h8-12,16,18H,4-7H2,1-3H3. The maximum absolute atomic E-state index is 5.68. The molecule has 21 heavy (non-hydrogen) atoms. The average Bonchev–Trinajstić information content (AvgIpc) is 2.92. The van der Waals surface area contributed by atoms with Gasteiger partial charge in [-0.2, -0.15) is 5.10 Å². The fourth-order valence-electron chi connectivity index (χ4n) is 2.20. The van der Waals surface area contributed by atoms with Crippen LogP contribution in [0.25, 0.3) is 0 Å². The Morgan fingerprint density at radius 2 is 2.05 bits per heavy atom. The van der Waals surface area contributed by atoms with Crippen molar-refractivity contribution in [3.05, 3.63) is 42.0 Å². The van der Waals surface area contributed by atoms with Crippen molar-refractivity contribution in [2.45, 2.75) is 32.7 Å². The number of hydrogen-bond donors (Lipinski definition) is 1. The first-order valence-corrected chi connectivity index (χ1v) is 7.54. The summed E-state index contributed by atoms with van der Waals surface area (Å²) in [5, 5.41) is 7.82. The highest BCUT2D eigenvalue weighted by Gasteiger charge is 2.16. The largest absolute Gasteiger partial charge is 0.492 e. The highest BCUT2D eigenvalue weighted by atomic mass is 16.5. The van der Waals surface area contributed by atoms with E-state index in [4.69, 9.17) is 4.74 Å². The molecule has 114 valence electrons. The van der Waals surface area contributed by atoms with Crippen molar-refractivity contribution in [2.75, 3.05) is 13.2 Å². The first kappa shape index (κ1) is 15.5. The van der Waals surface area contributed by atoms with Crippen molar-refractivity contribution in [1.29, 1.82) is 0 Å². The van der Waals surface area contributed by atoms with E-state index in [1.165, 1.54) is 0 Å². The van der Waals surface area contributed by atoms with E-state index in [9.17, 15) is 0 Å². The van der Waals surface area contributed by atoms with Gasteiger partial charge in [0.15, 0.2) is 0 Å². The second-order valence-electron chi connectivity index (χ2n) is 5.14. The van der Waals surface area contributed by atoms with E-state index in [-0.39, 0.29) is 6.04 Å². The molecule has 2 rings (SSSR count). The third-order valence-corrected chi connectivity index (χ3v) is 3.20. The Morgan fingerprint density at radius 3 is 2.71 bits per heavy atom. The number of ether oxygens (including phenoxy) is 1. The third kappa shape index (κ3) is 4.29. The summed E-state index contributed by atoms with van der Waals surface area (Å²) in [5.74, 6) is 0.821. The summed E-state index contributed by atoms with van der Waals surface area (Å²) in [6, 6.07) is 2.15. The molecule has 1 unspecified atom stereocenters. The van der Waals surface area contributed by atoms with E-state index in [2.05, 4.69) is 35.3 Å². The molecule has 0 amide bonds. The fraction of sp³-hybridized carbons (Fsp3) is 0.500. The average molecular weight is 288 g/mol. The number of aryl methyl sites for hydroxylation is 1. The molecular formula is C16H24N4O. The second-order valence-corrected chi connectivity index (χ2v) is 5.14. The van der Waals surface area contributed by atoms with Gasteiger partial charge in [0.05, 0.1) is 25.0 Å². The normalized spacial score (nSPS) is 12.3. The van der Waals surface area contributed by atoms with Gasteiger partial charge in [-0.05, 0) is 31.0 Å². The summed E-state index contributed by atoms with van der Waals surface area (Å²) in [6.07, 6.45) is 9.65. The van der Waals surface area contributed by atoms with Crippen LogP contribution < -0.4 is 10.1 Å². The third-order valence-electron chi connectivity index (χ3n) is 3.20. The quantitative estimate of drug-likeness (QED) is 0.811. The molecule has 0 aliphatic carbocycles. The Kier molecular flexibility index (Phi) is 5.75. The van der Waals surface area contributed by atoms with Crippen LogP contribution >= 0.6 is 0 Å². The molecule has 0 saturated carbocycles. The predicted octanol–water partition coefficient (Wildman–Crippen LogP) is 2.69. The summed E-state index contributed by atoms with van der Waals surface area (Å²) < 4.78 is 7.50. The minimum atomic E-state index is 0.0938. The zero-order valence-electron chi connectivity index (χ0n) is 13.0. The van der Waals surface area contributed by atoms with Gasteiger partial charge >= 0.3 is 0 Å². The van der Waals surface area contributed by atoms with E-state index in [1.807, 2.05) is 30.3 Å². The molecule has 2 heterocycles. The SMILES string of the molecule is CCCNC(c1cncc(OCCC)c1)c1cnn(C)c1. The van der Waals surface area contributed by atoms with Crippen LogP contribution in [0.2, 0.25) is 0 Å². The lowest BCUT2D eigenvalue weighted by Crippen LogP contribution is -2.23. The lowest BCUT2D eigenvalue weighted by molar-refractivity contribution is 0.315. The Morgan fingerprint density at radius 1 is 1.19 bits per heavy atom. The van der Waals surface area contributed by atoms with Gasteiger partial charge in [-0.1, -0.05) is 13.8 Å². The zero-order chi connectivity index (χ0) is 15.1. The molecule has 1 N–H and O–H groups in total. The molecule has 2 aromatic heterocycles. The van der Waals surface area contributed by atoms with Gasteiger partial charge < -0.3 is 10.1 Å². The first-order valence-electron chi connectivity index (χ1n) is 7.54. The summed E-state index contributed by atoms with van der Waals surface area (Å²) in [4.78, 5) is 4.31. The lowest BCUT2D eigenvalue weighted by atomic mass is 10.0. The molecule has 0 bridgehead atoms. The van der Waals surface area contributed by atoms with E-state index >= 15 is 0 Å². The number of aromatic nitrogens is 3. The van der Waals surface area contributed by atoms with Crippen molar-refractivity contribution in [1.82, 2.24) is 20.1 Å². The maximum Gasteiger partial charge on any atom is 0.137 e. The van der Waals surface area contributed by atoms with Crippen molar-refractivity contribution < 1.29 is 4.74 Å². The van der Waals surface area contributed by atoms with Crippen LogP contribution in [0.4, 0.5) is 0 Å². The van der Waals surface area contributed by atoms with Crippen molar-refractivity contribution in [3.8, 4) is 5.75 Å².